The molecule has 1 N–H and O–H groups in total. The first kappa shape index (κ1) is 13.0. The smallest absolute Gasteiger partial charge is 0.234 e. The molecule has 1 amide bonds. The highest BCUT2D eigenvalue weighted by atomic mass is 16.2. The fourth-order valence-electron chi connectivity index (χ4n) is 2.20. The quantitative estimate of drug-likeness (QED) is 0.818. The van der Waals surface area contributed by atoms with Gasteiger partial charge in [0.05, 0.1) is 6.54 Å². The van der Waals surface area contributed by atoms with Crippen LogP contribution < -0.4 is 5.32 Å². The Kier molecular flexibility index (Phi) is 4.70. The van der Waals surface area contributed by atoms with Crippen LogP contribution in [0.1, 0.15) is 19.0 Å². The average molecular weight is 247 g/mol. The molecule has 4 heteroatoms. The van der Waals surface area contributed by atoms with Gasteiger partial charge in [0.2, 0.25) is 5.91 Å². The Labute approximate surface area is 108 Å². The molecule has 0 radical (unpaired) electrons. The van der Waals surface area contributed by atoms with Gasteiger partial charge < -0.3 is 5.32 Å². The van der Waals surface area contributed by atoms with E-state index < -0.39 is 0 Å². The summed E-state index contributed by atoms with van der Waals surface area (Å²) in [6, 6.07) is 5.85. The van der Waals surface area contributed by atoms with Crippen LogP contribution in [0.2, 0.25) is 0 Å². The summed E-state index contributed by atoms with van der Waals surface area (Å²) in [4.78, 5) is 18.1. The molecule has 0 spiro atoms. The number of pyridine rings is 1. The van der Waals surface area contributed by atoms with E-state index in [1.165, 1.54) is 6.42 Å². The molecule has 1 fully saturated rings. The van der Waals surface area contributed by atoms with Crippen molar-refractivity contribution in [1.29, 1.82) is 0 Å². The van der Waals surface area contributed by atoms with E-state index in [1.54, 1.807) is 6.20 Å². The summed E-state index contributed by atoms with van der Waals surface area (Å²) in [5.74, 6) is 0.923. The maximum atomic E-state index is 11.7. The van der Waals surface area contributed by atoms with E-state index in [4.69, 9.17) is 0 Å². The van der Waals surface area contributed by atoms with E-state index >= 15 is 0 Å². The standard InChI is InChI=1S/C14H21N3O/c1-2-12-9-17(10-12)11-14(18)16-8-6-13-5-3-4-7-15-13/h3-5,7,12H,2,6,8-11H2,1H3,(H,16,18). The molecule has 0 saturated carbocycles. The van der Waals surface area contributed by atoms with Gasteiger partial charge in [0.25, 0.3) is 0 Å². The van der Waals surface area contributed by atoms with Crippen molar-refractivity contribution in [2.75, 3.05) is 26.2 Å². The highest BCUT2D eigenvalue weighted by Gasteiger charge is 2.26. The van der Waals surface area contributed by atoms with Crippen LogP contribution in [-0.2, 0) is 11.2 Å². The molecule has 4 nitrogen and oxygen atoms in total. The van der Waals surface area contributed by atoms with Crippen LogP contribution in [0.25, 0.3) is 0 Å². The molecular formula is C14H21N3O. The molecule has 98 valence electrons. The second-order valence-corrected chi connectivity index (χ2v) is 4.89. The van der Waals surface area contributed by atoms with Crippen LogP contribution in [0.4, 0.5) is 0 Å². The molecule has 2 heterocycles. The van der Waals surface area contributed by atoms with E-state index in [0.717, 1.165) is 31.1 Å². The number of nitrogens with zero attached hydrogens (tertiary/aromatic N) is 2. The summed E-state index contributed by atoms with van der Waals surface area (Å²) in [5.41, 5.74) is 1.02. The zero-order valence-electron chi connectivity index (χ0n) is 10.9. The van der Waals surface area contributed by atoms with Crippen LogP contribution in [-0.4, -0.2) is 42.0 Å². The van der Waals surface area contributed by atoms with Crippen molar-refractivity contribution in [2.24, 2.45) is 5.92 Å². The molecule has 0 atom stereocenters. The maximum Gasteiger partial charge on any atom is 0.234 e. The van der Waals surface area contributed by atoms with E-state index in [1.807, 2.05) is 18.2 Å². The van der Waals surface area contributed by atoms with Gasteiger partial charge in [-0.2, -0.15) is 0 Å². The molecule has 1 aliphatic rings. The minimum atomic E-state index is 0.125. The third-order valence-electron chi connectivity index (χ3n) is 3.41. The van der Waals surface area contributed by atoms with E-state index in [2.05, 4.69) is 22.1 Å². The first-order valence-electron chi connectivity index (χ1n) is 6.67. The van der Waals surface area contributed by atoms with Gasteiger partial charge in [-0.3, -0.25) is 14.7 Å². The van der Waals surface area contributed by atoms with Crippen molar-refractivity contribution in [3.63, 3.8) is 0 Å². The Bertz CT molecular complexity index is 374. The van der Waals surface area contributed by atoms with Crippen LogP contribution in [0.15, 0.2) is 24.4 Å². The highest BCUT2D eigenvalue weighted by Crippen LogP contribution is 2.17. The summed E-state index contributed by atoms with van der Waals surface area (Å²) in [7, 11) is 0. The van der Waals surface area contributed by atoms with E-state index in [-0.39, 0.29) is 5.91 Å². The predicted molar refractivity (Wildman–Crippen MR) is 71.2 cm³/mol. The van der Waals surface area contributed by atoms with Crippen LogP contribution in [0, 0.1) is 5.92 Å². The molecule has 1 aliphatic heterocycles. The van der Waals surface area contributed by atoms with Gasteiger partial charge in [-0.25, -0.2) is 0 Å². The van der Waals surface area contributed by atoms with Crippen LogP contribution >= 0.6 is 0 Å². The Morgan fingerprint density at radius 2 is 2.33 bits per heavy atom. The SMILES string of the molecule is CCC1CN(CC(=O)NCCc2ccccn2)C1. The number of amides is 1. The third kappa shape index (κ3) is 3.81. The summed E-state index contributed by atoms with van der Waals surface area (Å²) < 4.78 is 0. The molecule has 2 rings (SSSR count). The van der Waals surface area contributed by atoms with Crippen molar-refractivity contribution >= 4 is 5.91 Å². The molecule has 0 unspecified atom stereocenters. The Morgan fingerprint density at radius 1 is 1.50 bits per heavy atom. The van der Waals surface area contributed by atoms with Gasteiger partial charge in [0, 0.05) is 37.9 Å². The first-order chi connectivity index (χ1) is 8.78. The lowest BCUT2D eigenvalue weighted by atomic mass is 9.97. The molecule has 0 aliphatic carbocycles. The van der Waals surface area contributed by atoms with Gasteiger partial charge in [-0.15, -0.1) is 0 Å². The number of carbonyl (C=O) groups is 1. The molecule has 1 aromatic heterocycles. The van der Waals surface area contributed by atoms with Crippen molar-refractivity contribution in [1.82, 2.24) is 15.2 Å². The largest absolute Gasteiger partial charge is 0.355 e. The summed E-state index contributed by atoms with van der Waals surface area (Å²) in [6.45, 7) is 5.56. The monoisotopic (exact) mass is 247 g/mol. The zero-order valence-corrected chi connectivity index (χ0v) is 10.9. The van der Waals surface area contributed by atoms with E-state index in [9.17, 15) is 4.79 Å². The minimum absolute atomic E-state index is 0.125. The molecule has 1 aromatic rings. The zero-order chi connectivity index (χ0) is 12.8. The van der Waals surface area contributed by atoms with Gasteiger partial charge in [0.1, 0.15) is 0 Å². The van der Waals surface area contributed by atoms with Crippen LogP contribution in [0.3, 0.4) is 0 Å². The average Bonchev–Trinajstić information content (AvgIpc) is 2.34. The van der Waals surface area contributed by atoms with Gasteiger partial charge in [-0.05, 0) is 18.1 Å². The number of likely N-dealkylation sites (tertiary alicyclic amines) is 1. The van der Waals surface area contributed by atoms with Gasteiger partial charge in [-0.1, -0.05) is 19.4 Å². The Hall–Kier alpha value is -1.42. The lowest BCUT2D eigenvalue weighted by Gasteiger charge is -2.38. The fourth-order valence-corrected chi connectivity index (χ4v) is 2.20. The molecule has 0 bridgehead atoms. The molecule has 18 heavy (non-hydrogen) atoms. The molecular weight excluding hydrogens is 226 g/mol. The number of hydrogen-bond acceptors (Lipinski definition) is 3. The summed E-state index contributed by atoms with van der Waals surface area (Å²) >= 11 is 0. The molecule has 0 aromatic carbocycles. The minimum Gasteiger partial charge on any atom is -0.355 e. The van der Waals surface area contributed by atoms with Gasteiger partial charge >= 0.3 is 0 Å². The van der Waals surface area contributed by atoms with Crippen LogP contribution in [0.5, 0.6) is 0 Å². The fraction of sp³-hybridized carbons (Fsp3) is 0.571. The maximum absolute atomic E-state index is 11.7. The van der Waals surface area contributed by atoms with Gasteiger partial charge in [0.15, 0.2) is 0 Å². The topological polar surface area (TPSA) is 45.2 Å². The third-order valence-corrected chi connectivity index (χ3v) is 3.41. The first-order valence-corrected chi connectivity index (χ1v) is 6.67. The summed E-state index contributed by atoms with van der Waals surface area (Å²) in [6.07, 6.45) is 3.80. The second kappa shape index (κ2) is 6.50. The van der Waals surface area contributed by atoms with Crippen molar-refractivity contribution in [2.45, 2.75) is 19.8 Å². The number of hydrogen-bond donors (Lipinski definition) is 1. The second-order valence-electron chi connectivity index (χ2n) is 4.89. The number of aromatic nitrogens is 1. The Morgan fingerprint density at radius 3 is 3.00 bits per heavy atom. The highest BCUT2D eigenvalue weighted by molar-refractivity contribution is 5.78. The predicted octanol–water partition coefficient (Wildman–Crippen LogP) is 1.08. The van der Waals surface area contributed by atoms with Crippen molar-refractivity contribution in [3.05, 3.63) is 30.1 Å². The van der Waals surface area contributed by atoms with E-state index in [0.29, 0.717) is 13.1 Å². The van der Waals surface area contributed by atoms with Crippen molar-refractivity contribution < 1.29 is 4.79 Å². The summed E-state index contributed by atoms with van der Waals surface area (Å²) in [5, 5.41) is 2.94. The number of rotatable bonds is 6. The normalized spacial score (nSPS) is 16.3. The number of carbonyl (C=O) groups excluding carboxylic acids is 1. The lowest BCUT2D eigenvalue weighted by molar-refractivity contribution is -0.123. The molecule has 1 saturated heterocycles. The Balaban J connectivity index is 1.58. The lowest BCUT2D eigenvalue weighted by Crippen LogP contribution is -2.50. The van der Waals surface area contributed by atoms with Crippen molar-refractivity contribution in [3.8, 4) is 0 Å². The number of nitrogens with one attached hydrogen (secondary N) is 1.